The van der Waals surface area contributed by atoms with Crippen molar-refractivity contribution in [1.29, 1.82) is 0 Å². The molecule has 2 aromatic rings. The zero-order valence-electron chi connectivity index (χ0n) is 18.4. The number of benzene rings is 1. The molecule has 0 amide bonds. The third-order valence-electron chi connectivity index (χ3n) is 6.71. The lowest BCUT2D eigenvalue weighted by molar-refractivity contribution is 0.252. The smallest absolute Gasteiger partial charge is 0.132 e. The number of pyridine rings is 1. The van der Waals surface area contributed by atoms with Crippen molar-refractivity contribution in [3.63, 3.8) is 0 Å². The van der Waals surface area contributed by atoms with E-state index in [-0.39, 0.29) is 5.82 Å². The van der Waals surface area contributed by atoms with Gasteiger partial charge in [0.2, 0.25) is 0 Å². The Morgan fingerprint density at radius 2 is 1.55 bits per heavy atom. The van der Waals surface area contributed by atoms with E-state index in [1.54, 1.807) is 6.07 Å². The molecule has 158 valence electrons. The van der Waals surface area contributed by atoms with Crippen molar-refractivity contribution in [1.82, 2.24) is 4.98 Å². The van der Waals surface area contributed by atoms with Crippen molar-refractivity contribution in [3.05, 3.63) is 53.5 Å². The van der Waals surface area contributed by atoms with Crippen LogP contribution < -0.4 is 0 Å². The minimum absolute atomic E-state index is 0.139. The predicted molar refractivity (Wildman–Crippen MR) is 122 cm³/mol. The monoisotopic (exact) mass is 395 g/mol. The number of nitrogens with zero attached hydrogens (tertiary/aromatic N) is 1. The van der Waals surface area contributed by atoms with Crippen LogP contribution in [-0.4, -0.2) is 4.98 Å². The first-order chi connectivity index (χ1) is 14.2. The summed E-state index contributed by atoms with van der Waals surface area (Å²) >= 11 is 0. The van der Waals surface area contributed by atoms with Gasteiger partial charge in [0.05, 0.1) is 5.69 Å². The Morgan fingerprint density at radius 1 is 0.828 bits per heavy atom. The summed E-state index contributed by atoms with van der Waals surface area (Å²) in [6.45, 7) is 4.51. The van der Waals surface area contributed by atoms with Crippen LogP contribution in [0.3, 0.4) is 0 Å². The molecular weight excluding hydrogens is 357 g/mol. The molecule has 0 saturated heterocycles. The highest BCUT2D eigenvalue weighted by atomic mass is 19.1. The van der Waals surface area contributed by atoms with Gasteiger partial charge in [-0.2, -0.15) is 0 Å². The third kappa shape index (κ3) is 6.66. The fourth-order valence-electron chi connectivity index (χ4n) is 4.82. The topological polar surface area (TPSA) is 12.9 Å². The summed E-state index contributed by atoms with van der Waals surface area (Å²) in [5.41, 5.74) is 3.72. The molecule has 0 radical (unpaired) electrons. The van der Waals surface area contributed by atoms with E-state index in [4.69, 9.17) is 0 Å². The molecule has 1 aromatic heterocycles. The van der Waals surface area contributed by atoms with Crippen LogP contribution >= 0.6 is 0 Å². The number of hydrogen-bond donors (Lipinski definition) is 0. The Morgan fingerprint density at radius 3 is 2.17 bits per heavy atom. The fraction of sp³-hybridized carbons (Fsp3) is 0.593. The second kappa shape index (κ2) is 11.5. The minimum atomic E-state index is -0.139. The molecule has 0 spiro atoms. The van der Waals surface area contributed by atoms with Crippen LogP contribution in [0.15, 0.2) is 36.5 Å². The molecule has 0 unspecified atom stereocenters. The number of rotatable bonds is 10. The summed E-state index contributed by atoms with van der Waals surface area (Å²) in [5.74, 6) is 1.65. The van der Waals surface area contributed by atoms with Gasteiger partial charge in [-0.1, -0.05) is 77.3 Å². The Balaban J connectivity index is 1.52. The van der Waals surface area contributed by atoms with E-state index in [2.05, 4.69) is 31.0 Å². The molecular formula is C27H38FN. The number of hydrogen-bond acceptors (Lipinski definition) is 1. The lowest BCUT2D eigenvalue weighted by Gasteiger charge is -2.28. The maximum atomic E-state index is 14.7. The molecule has 1 aliphatic carbocycles. The molecule has 1 heterocycles. The number of halogens is 1. The van der Waals surface area contributed by atoms with E-state index in [0.29, 0.717) is 5.56 Å². The number of aryl methyl sites for hydroxylation is 2. The number of aromatic nitrogens is 1. The van der Waals surface area contributed by atoms with E-state index in [0.717, 1.165) is 35.9 Å². The predicted octanol–water partition coefficient (Wildman–Crippen LogP) is 8.16. The van der Waals surface area contributed by atoms with Gasteiger partial charge < -0.3 is 0 Å². The first-order valence-corrected chi connectivity index (χ1v) is 11.9. The summed E-state index contributed by atoms with van der Waals surface area (Å²) in [7, 11) is 0. The zero-order chi connectivity index (χ0) is 20.5. The minimum Gasteiger partial charge on any atom is -0.256 e. The fourth-order valence-corrected chi connectivity index (χ4v) is 4.82. The largest absolute Gasteiger partial charge is 0.256 e. The van der Waals surface area contributed by atoms with Gasteiger partial charge in [-0.15, -0.1) is 0 Å². The Bertz CT molecular complexity index is 729. The van der Waals surface area contributed by atoms with E-state index in [1.807, 2.05) is 18.3 Å². The summed E-state index contributed by atoms with van der Waals surface area (Å²) in [4.78, 5) is 4.52. The maximum absolute atomic E-state index is 14.7. The van der Waals surface area contributed by atoms with Crippen LogP contribution in [0.2, 0.25) is 0 Å². The number of unbranched alkanes of at least 4 members (excludes halogenated alkanes) is 2. The highest BCUT2D eigenvalue weighted by Gasteiger charge is 2.20. The lowest BCUT2D eigenvalue weighted by Crippen LogP contribution is -2.15. The normalized spacial score (nSPS) is 19.4. The van der Waals surface area contributed by atoms with Crippen LogP contribution in [0.4, 0.5) is 4.39 Å². The molecule has 0 aliphatic heterocycles. The molecule has 2 heteroatoms. The van der Waals surface area contributed by atoms with Crippen LogP contribution in [0.25, 0.3) is 11.3 Å². The molecule has 1 aromatic carbocycles. The first-order valence-electron chi connectivity index (χ1n) is 11.9. The molecule has 29 heavy (non-hydrogen) atoms. The van der Waals surface area contributed by atoms with Gasteiger partial charge in [-0.05, 0) is 66.8 Å². The van der Waals surface area contributed by atoms with E-state index >= 15 is 0 Å². The molecule has 3 rings (SSSR count). The molecule has 1 fully saturated rings. The van der Waals surface area contributed by atoms with E-state index in [1.165, 1.54) is 69.8 Å². The van der Waals surface area contributed by atoms with Gasteiger partial charge in [0, 0.05) is 11.8 Å². The van der Waals surface area contributed by atoms with Crippen LogP contribution in [-0.2, 0) is 12.8 Å². The quantitative estimate of drug-likeness (QED) is 0.370. The molecule has 1 saturated carbocycles. The molecule has 0 atom stereocenters. The Labute approximate surface area is 177 Å². The first kappa shape index (κ1) is 22.0. The second-order valence-electron chi connectivity index (χ2n) is 9.04. The van der Waals surface area contributed by atoms with Crippen LogP contribution in [0.1, 0.15) is 89.2 Å². The van der Waals surface area contributed by atoms with Crippen molar-refractivity contribution in [2.45, 2.75) is 90.9 Å². The van der Waals surface area contributed by atoms with Gasteiger partial charge in [-0.3, -0.25) is 4.98 Å². The summed E-state index contributed by atoms with van der Waals surface area (Å²) < 4.78 is 14.7. The van der Waals surface area contributed by atoms with Crippen molar-refractivity contribution in [3.8, 4) is 11.3 Å². The van der Waals surface area contributed by atoms with Gasteiger partial charge in [0.1, 0.15) is 5.82 Å². The standard InChI is InChI=1S/C27H38FN/c1-3-5-6-8-24-16-18-27(29-20-24)25-17-15-23(19-26(25)28)14-13-22-11-9-21(7-4-2)10-12-22/h15-22H,3-14H2,1-2H3/t21-,22-. The van der Waals surface area contributed by atoms with Crippen molar-refractivity contribution in [2.75, 3.05) is 0 Å². The molecule has 0 N–H and O–H groups in total. The molecule has 1 aliphatic rings. The van der Waals surface area contributed by atoms with Gasteiger partial charge >= 0.3 is 0 Å². The van der Waals surface area contributed by atoms with Crippen molar-refractivity contribution >= 4 is 0 Å². The van der Waals surface area contributed by atoms with Crippen LogP contribution in [0, 0.1) is 17.7 Å². The van der Waals surface area contributed by atoms with E-state index in [9.17, 15) is 4.39 Å². The van der Waals surface area contributed by atoms with E-state index < -0.39 is 0 Å². The summed E-state index contributed by atoms with van der Waals surface area (Å²) in [5, 5.41) is 0. The molecule has 0 bridgehead atoms. The highest BCUT2D eigenvalue weighted by molar-refractivity contribution is 5.60. The summed E-state index contributed by atoms with van der Waals surface area (Å²) in [6.07, 6.45) is 17.0. The Kier molecular flexibility index (Phi) is 8.70. The van der Waals surface area contributed by atoms with Crippen molar-refractivity contribution in [2.24, 2.45) is 11.8 Å². The zero-order valence-corrected chi connectivity index (χ0v) is 18.4. The van der Waals surface area contributed by atoms with Gasteiger partial charge in [-0.25, -0.2) is 4.39 Å². The molecule has 1 nitrogen and oxygen atoms in total. The second-order valence-corrected chi connectivity index (χ2v) is 9.04. The SMILES string of the molecule is CCCCCc1ccc(-c2ccc(CC[C@H]3CC[C@H](CCC)CC3)cc2F)nc1. The maximum Gasteiger partial charge on any atom is 0.132 e. The third-order valence-corrected chi connectivity index (χ3v) is 6.71. The Hall–Kier alpha value is -1.70. The average molecular weight is 396 g/mol. The van der Waals surface area contributed by atoms with Crippen LogP contribution in [0.5, 0.6) is 0 Å². The summed E-state index contributed by atoms with van der Waals surface area (Å²) in [6, 6.07) is 9.81. The van der Waals surface area contributed by atoms with Gasteiger partial charge in [0.15, 0.2) is 0 Å². The lowest BCUT2D eigenvalue weighted by atomic mass is 9.78. The van der Waals surface area contributed by atoms with Crippen molar-refractivity contribution < 1.29 is 4.39 Å². The van der Waals surface area contributed by atoms with Gasteiger partial charge in [0.25, 0.3) is 0 Å². The average Bonchev–Trinajstić information content (AvgIpc) is 2.74. The highest BCUT2D eigenvalue weighted by Crippen LogP contribution is 2.34.